The van der Waals surface area contributed by atoms with Gasteiger partial charge < -0.3 is 10.2 Å². The molecule has 1 saturated heterocycles. The maximum atomic E-state index is 4.72. The Kier molecular flexibility index (Phi) is 2.86. The SMILES string of the molecule is CC1CCCN1c1nc(CNC2CC2)cs1. The largest absolute Gasteiger partial charge is 0.345 e. The second kappa shape index (κ2) is 4.34. The molecule has 0 radical (unpaired) electrons. The Balaban J connectivity index is 1.62. The van der Waals surface area contributed by atoms with Gasteiger partial charge in [-0.3, -0.25) is 0 Å². The standard InChI is InChI=1S/C12H19N3S/c1-9-3-2-6-15(9)12-14-11(8-16-12)7-13-10-4-5-10/h8-10,13H,2-7H2,1H3. The highest BCUT2D eigenvalue weighted by atomic mass is 32.1. The molecule has 4 heteroatoms. The molecule has 16 heavy (non-hydrogen) atoms. The Morgan fingerprint density at radius 1 is 1.50 bits per heavy atom. The van der Waals surface area contributed by atoms with Gasteiger partial charge in [-0.1, -0.05) is 0 Å². The van der Waals surface area contributed by atoms with Crippen LogP contribution in [0.5, 0.6) is 0 Å². The maximum absolute atomic E-state index is 4.72. The summed E-state index contributed by atoms with van der Waals surface area (Å²) in [5.41, 5.74) is 1.21. The van der Waals surface area contributed by atoms with E-state index in [1.165, 1.54) is 43.1 Å². The summed E-state index contributed by atoms with van der Waals surface area (Å²) in [7, 11) is 0. The third-order valence-electron chi connectivity index (χ3n) is 3.49. The lowest BCUT2D eigenvalue weighted by molar-refractivity contribution is 0.674. The molecule has 1 saturated carbocycles. The first-order valence-corrected chi connectivity index (χ1v) is 7.15. The summed E-state index contributed by atoms with van der Waals surface area (Å²) in [6.45, 7) is 4.43. The summed E-state index contributed by atoms with van der Waals surface area (Å²) in [6.07, 6.45) is 5.33. The van der Waals surface area contributed by atoms with E-state index in [-0.39, 0.29) is 0 Å². The van der Waals surface area contributed by atoms with Crippen molar-refractivity contribution in [3.63, 3.8) is 0 Å². The number of rotatable bonds is 4. The van der Waals surface area contributed by atoms with Crippen molar-refractivity contribution in [1.82, 2.24) is 10.3 Å². The lowest BCUT2D eigenvalue weighted by Gasteiger charge is -2.19. The second-order valence-electron chi connectivity index (χ2n) is 4.96. The quantitative estimate of drug-likeness (QED) is 0.871. The van der Waals surface area contributed by atoms with E-state index in [1.54, 1.807) is 11.3 Å². The maximum Gasteiger partial charge on any atom is 0.185 e. The van der Waals surface area contributed by atoms with Crippen LogP contribution in [-0.4, -0.2) is 23.6 Å². The van der Waals surface area contributed by atoms with Crippen molar-refractivity contribution in [2.45, 2.75) is 51.2 Å². The van der Waals surface area contributed by atoms with Gasteiger partial charge in [-0.25, -0.2) is 4.98 Å². The van der Waals surface area contributed by atoms with E-state index < -0.39 is 0 Å². The highest BCUT2D eigenvalue weighted by Crippen LogP contribution is 2.28. The predicted octanol–water partition coefficient (Wildman–Crippen LogP) is 2.38. The van der Waals surface area contributed by atoms with Crippen molar-refractivity contribution in [3.8, 4) is 0 Å². The molecule has 1 aromatic heterocycles. The smallest absolute Gasteiger partial charge is 0.185 e. The van der Waals surface area contributed by atoms with Gasteiger partial charge in [0.2, 0.25) is 0 Å². The fourth-order valence-electron chi connectivity index (χ4n) is 2.26. The van der Waals surface area contributed by atoms with Gasteiger partial charge in [-0.05, 0) is 32.6 Å². The topological polar surface area (TPSA) is 28.2 Å². The fourth-order valence-corrected chi connectivity index (χ4v) is 3.22. The van der Waals surface area contributed by atoms with Crippen LogP contribution < -0.4 is 10.2 Å². The van der Waals surface area contributed by atoms with Crippen LogP contribution in [0.3, 0.4) is 0 Å². The van der Waals surface area contributed by atoms with Crippen LogP contribution in [0, 0.1) is 0 Å². The highest BCUT2D eigenvalue weighted by Gasteiger charge is 2.24. The Bertz CT molecular complexity index is 359. The van der Waals surface area contributed by atoms with Gasteiger partial charge in [0, 0.05) is 30.6 Å². The zero-order chi connectivity index (χ0) is 11.0. The number of hydrogen-bond donors (Lipinski definition) is 1. The number of anilines is 1. The minimum Gasteiger partial charge on any atom is -0.345 e. The number of aromatic nitrogens is 1. The van der Waals surface area contributed by atoms with E-state index in [9.17, 15) is 0 Å². The Labute approximate surface area is 101 Å². The number of hydrogen-bond acceptors (Lipinski definition) is 4. The molecule has 1 aromatic rings. The van der Waals surface area contributed by atoms with Crippen molar-refractivity contribution in [2.24, 2.45) is 0 Å². The lowest BCUT2D eigenvalue weighted by atomic mass is 10.2. The van der Waals surface area contributed by atoms with Gasteiger partial charge >= 0.3 is 0 Å². The molecular weight excluding hydrogens is 218 g/mol. The monoisotopic (exact) mass is 237 g/mol. The molecule has 88 valence electrons. The van der Waals surface area contributed by atoms with Gasteiger partial charge in [0.15, 0.2) is 5.13 Å². The molecule has 1 N–H and O–H groups in total. The third kappa shape index (κ3) is 2.23. The van der Waals surface area contributed by atoms with Crippen molar-refractivity contribution >= 4 is 16.5 Å². The van der Waals surface area contributed by atoms with Crippen LogP contribution in [0.4, 0.5) is 5.13 Å². The molecule has 3 rings (SSSR count). The molecule has 1 atom stereocenters. The third-order valence-corrected chi connectivity index (χ3v) is 4.41. The van der Waals surface area contributed by atoms with Gasteiger partial charge in [0.25, 0.3) is 0 Å². The van der Waals surface area contributed by atoms with Crippen LogP contribution in [0.25, 0.3) is 0 Å². The molecule has 2 aliphatic rings. The average Bonchev–Trinajstić information content (AvgIpc) is 2.82. The molecule has 1 unspecified atom stereocenters. The molecule has 0 aromatic carbocycles. The highest BCUT2D eigenvalue weighted by molar-refractivity contribution is 7.13. The normalized spacial score (nSPS) is 25.3. The van der Waals surface area contributed by atoms with E-state index in [0.29, 0.717) is 6.04 Å². The first-order chi connectivity index (χ1) is 7.83. The molecule has 1 aliphatic carbocycles. The van der Waals surface area contributed by atoms with Crippen LogP contribution in [0.15, 0.2) is 5.38 Å². The van der Waals surface area contributed by atoms with E-state index in [4.69, 9.17) is 4.98 Å². The predicted molar refractivity (Wildman–Crippen MR) is 68.0 cm³/mol. The Morgan fingerprint density at radius 3 is 3.06 bits per heavy atom. The number of nitrogens with zero attached hydrogens (tertiary/aromatic N) is 2. The molecular formula is C12H19N3S. The summed E-state index contributed by atoms with van der Waals surface area (Å²) in [6, 6.07) is 1.45. The van der Waals surface area contributed by atoms with Gasteiger partial charge in [-0.2, -0.15) is 0 Å². The fraction of sp³-hybridized carbons (Fsp3) is 0.750. The zero-order valence-electron chi connectivity index (χ0n) is 9.78. The van der Waals surface area contributed by atoms with E-state index in [1.807, 2.05) is 0 Å². The Morgan fingerprint density at radius 2 is 2.38 bits per heavy atom. The second-order valence-corrected chi connectivity index (χ2v) is 5.80. The Hall–Kier alpha value is -0.610. The molecule has 2 fully saturated rings. The number of thiazole rings is 1. The van der Waals surface area contributed by atoms with Crippen LogP contribution in [0.1, 0.15) is 38.3 Å². The van der Waals surface area contributed by atoms with Gasteiger partial charge in [-0.15, -0.1) is 11.3 Å². The molecule has 1 aliphatic heterocycles. The van der Waals surface area contributed by atoms with Gasteiger partial charge in [0.05, 0.1) is 5.69 Å². The molecule has 2 heterocycles. The van der Waals surface area contributed by atoms with E-state index in [2.05, 4.69) is 22.5 Å². The average molecular weight is 237 g/mol. The zero-order valence-corrected chi connectivity index (χ0v) is 10.6. The van der Waals surface area contributed by atoms with E-state index in [0.717, 1.165) is 12.6 Å². The molecule has 0 bridgehead atoms. The first-order valence-electron chi connectivity index (χ1n) is 6.27. The van der Waals surface area contributed by atoms with Crippen molar-refractivity contribution in [3.05, 3.63) is 11.1 Å². The van der Waals surface area contributed by atoms with E-state index >= 15 is 0 Å². The van der Waals surface area contributed by atoms with Crippen molar-refractivity contribution < 1.29 is 0 Å². The summed E-state index contributed by atoms with van der Waals surface area (Å²) in [4.78, 5) is 7.17. The molecule has 3 nitrogen and oxygen atoms in total. The summed E-state index contributed by atoms with van der Waals surface area (Å²) >= 11 is 1.80. The molecule has 0 amide bonds. The molecule has 0 spiro atoms. The van der Waals surface area contributed by atoms with Crippen molar-refractivity contribution in [2.75, 3.05) is 11.4 Å². The van der Waals surface area contributed by atoms with Crippen molar-refractivity contribution in [1.29, 1.82) is 0 Å². The lowest BCUT2D eigenvalue weighted by Crippen LogP contribution is -2.26. The minimum atomic E-state index is 0.676. The van der Waals surface area contributed by atoms with Gasteiger partial charge in [0.1, 0.15) is 0 Å². The van der Waals surface area contributed by atoms with Crippen LogP contribution >= 0.6 is 11.3 Å². The summed E-state index contributed by atoms with van der Waals surface area (Å²) in [5, 5.41) is 6.94. The van der Waals surface area contributed by atoms with Crippen LogP contribution in [0.2, 0.25) is 0 Å². The first kappa shape index (κ1) is 10.5. The minimum absolute atomic E-state index is 0.676. The summed E-state index contributed by atoms with van der Waals surface area (Å²) in [5.74, 6) is 0. The number of nitrogens with one attached hydrogen (secondary N) is 1. The van der Waals surface area contributed by atoms with Crippen LogP contribution in [-0.2, 0) is 6.54 Å². The summed E-state index contributed by atoms with van der Waals surface area (Å²) < 4.78 is 0.